The molecule has 1 aromatic carbocycles. The number of aliphatic hydroxyl groups excluding tert-OH is 1. The van der Waals surface area contributed by atoms with Crippen molar-refractivity contribution in [2.75, 3.05) is 39.3 Å². The van der Waals surface area contributed by atoms with Crippen molar-refractivity contribution >= 4 is 16.9 Å². The molecule has 0 aliphatic carbocycles. The highest BCUT2D eigenvalue weighted by Gasteiger charge is 2.57. The van der Waals surface area contributed by atoms with Crippen LogP contribution in [-0.4, -0.2) is 70.3 Å². The zero-order valence-electron chi connectivity index (χ0n) is 13.6. The quantitative estimate of drug-likeness (QED) is 0.762. The number of nitrogens with zero attached hydrogens (tertiary/aromatic N) is 2. The molecule has 0 spiro atoms. The average Bonchev–Trinajstić information content (AvgIpc) is 3.20. The summed E-state index contributed by atoms with van der Waals surface area (Å²) in [6, 6.07) is 8.30. The van der Waals surface area contributed by atoms with Gasteiger partial charge in [0.05, 0.1) is 12.0 Å². The number of carboxylic acid groups (broad SMARTS) is 1. The predicted octanol–water partition coefficient (Wildman–Crippen LogP) is 0.979. The molecule has 3 N–H and O–H groups in total. The lowest BCUT2D eigenvalue weighted by Crippen LogP contribution is -2.41. The van der Waals surface area contributed by atoms with Crippen LogP contribution in [0.15, 0.2) is 30.5 Å². The number of rotatable bonds is 5. The third kappa shape index (κ3) is 2.42. The normalized spacial score (nSPS) is 27.8. The highest BCUT2D eigenvalue weighted by atomic mass is 16.4. The molecule has 6 heteroatoms. The molecule has 0 unspecified atom stereocenters. The summed E-state index contributed by atoms with van der Waals surface area (Å²) in [5, 5.41) is 20.2. The summed E-state index contributed by atoms with van der Waals surface area (Å²) >= 11 is 0. The number of aliphatic hydroxyl groups is 1. The standard InChI is InChI=1S/C18H23N3O3/c22-7-6-20-9-14-10-21(12-18(14,11-20)17(23)24)8-13-2-1-3-16-15(13)4-5-19-16/h1-5,14,19,22H,6-12H2,(H,23,24)/t14-,18-/m1/s1. The molecule has 0 bridgehead atoms. The second kappa shape index (κ2) is 5.88. The minimum Gasteiger partial charge on any atom is -0.481 e. The molecule has 128 valence electrons. The lowest BCUT2D eigenvalue weighted by molar-refractivity contribution is -0.149. The summed E-state index contributed by atoms with van der Waals surface area (Å²) in [7, 11) is 0. The molecule has 3 heterocycles. The van der Waals surface area contributed by atoms with Crippen LogP contribution in [0.1, 0.15) is 5.56 Å². The monoisotopic (exact) mass is 329 g/mol. The van der Waals surface area contributed by atoms with Crippen molar-refractivity contribution in [3.63, 3.8) is 0 Å². The van der Waals surface area contributed by atoms with Gasteiger partial charge in [-0.3, -0.25) is 14.6 Å². The second-order valence-electron chi connectivity index (χ2n) is 7.14. The Morgan fingerprint density at radius 2 is 2.04 bits per heavy atom. The fourth-order valence-electron chi connectivity index (χ4n) is 4.54. The van der Waals surface area contributed by atoms with Gasteiger partial charge in [-0.05, 0) is 17.7 Å². The smallest absolute Gasteiger partial charge is 0.312 e. The molecule has 0 saturated carbocycles. The van der Waals surface area contributed by atoms with Crippen LogP contribution >= 0.6 is 0 Å². The van der Waals surface area contributed by atoms with Gasteiger partial charge in [-0.2, -0.15) is 0 Å². The van der Waals surface area contributed by atoms with Crippen molar-refractivity contribution in [3.05, 3.63) is 36.0 Å². The Morgan fingerprint density at radius 3 is 2.79 bits per heavy atom. The van der Waals surface area contributed by atoms with E-state index in [1.165, 1.54) is 10.9 Å². The molecule has 1 aromatic heterocycles. The zero-order valence-corrected chi connectivity index (χ0v) is 13.6. The number of hydrogen-bond donors (Lipinski definition) is 3. The van der Waals surface area contributed by atoms with E-state index in [0.29, 0.717) is 19.6 Å². The van der Waals surface area contributed by atoms with Gasteiger partial charge in [-0.15, -0.1) is 0 Å². The topological polar surface area (TPSA) is 79.8 Å². The molecule has 6 nitrogen and oxygen atoms in total. The Morgan fingerprint density at radius 1 is 1.25 bits per heavy atom. The lowest BCUT2D eigenvalue weighted by Gasteiger charge is -2.25. The first-order valence-corrected chi connectivity index (χ1v) is 8.46. The second-order valence-corrected chi connectivity index (χ2v) is 7.14. The highest BCUT2D eigenvalue weighted by molar-refractivity contribution is 5.83. The molecule has 2 atom stereocenters. The van der Waals surface area contributed by atoms with Gasteiger partial charge in [0.2, 0.25) is 0 Å². The summed E-state index contributed by atoms with van der Waals surface area (Å²) in [5.41, 5.74) is 1.66. The number of likely N-dealkylation sites (tertiary alicyclic amines) is 2. The summed E-state index contributed by atoms with van der Waals surface area (Å²) in [6.45, 7) is 4.11. The number of fused-ring (bicyclic) bond motifs is 2. The number of aromatic nitrogens is 1. The van der Waals surface area contributed by atoms with Crippen molar-refractivity contribution in [1.29, 1.82) is 0 Å². The van der Waals surface area contributed by atoms with E-state index in [2.05, 4.69) is 33.0 Å². The molecule has 0 amide bonds. The van der Waals surface area contributed by atoms with Crippen LogP contribution in [-0.2, 0) is 11.3 Å². The molecule has 2 aliphatic rings. The van der Waals surface area contributed by atoms with Crippen molar-refractivity contribution in [2.24, 2.45) is 11.3 Å². The van der Waals surface area contributed by atoms with Crippen LogP contribution in [0.3, 0.4) is 0 Å². The Labute approximate surface area is 140 Å². The van der Waals surface area contributed by atoms with Crippen LogP contribution in [0, 0.1) is 11.3 Å². The molecule has 2 fully saturated rings. The molecule has 0 radical (unpaired) electrons. The largest absolute Gasteiger partial charge is 0.481 e. The number of carboxylic acids is 1. The number of benzene rings is 1. The van der Waals surface area contributed by atoms with Crippen LogP contribution in [0.25, 0.3) is 10.9 Å². The van der Waals surface area contributed by atoms with E-state index < -0.39 is 11.4 Å². The van der Waals surface area contributed by atoms with Gasteiger partial charge >= 0.3 is 5.97 Å². The van der Waals surface area contributed by atoms with Crippen molar-refractivity contribution in [3.8, 4) is 0 Å². The van der Waals surface area contributed by atoms with Crippen molar-refractivity contribution in [2.45, 2.75) is 6.54 Å². The number of carbonyl (C=O) groups is 1. The van der Waals surface area contributed by atoms with Gasteiger partial charge in [0, 0.05) is 62.3 Å². The van der Waals surface area contributed by atoms with Gasteiger partial charge in [0.25, 0.3) is 0 Å². The van der Waals surface area contributed by atoms with Crippen LogP contribution in [0.5, 0.6) is 0 Å². The summed E-state index contributed by atoms with van der Waals surface area (Å²) in [5.74, 6) is -0.567. The van der Waals surface area contributed by atoms with Crippen LogP contribution in [0.2, 0.25) is 0 Å². The minimum atomic E-state index is -0.699. The number of H-pyrrole nitrogens is 1. The first-order valence-electron chi connectivity index (χ1n) is 8.46. The predicted molar refractivity (Wildman–Crippen MR) is 90.7 cm³/mol. The maximum Gasteiger partial charge on any atom is 0.312 e. The maximum atomic E-state index is 12.0. The molecule has 2 saturated heterocycles. The number of aromatic amines is 1. The summed E-state index contributed by atoms with van der Waals surface area (Å²) in [4.78, 5) is 19.6. The van der Waals surface area contributed by atoms with E-state index in [0.717, 1.165) is 25.2 Å². The van der Waals surface area contributed by atoms with Crippen molar-refractivity contribution in [1.82, 2.24) is 14.8 Å². The number of β-amino-alcohol motifs (C(OH)–C–C–N with tert-alkyl or cyclic N) is 1. The van der Waals surface area contributed by atoms with E-state index >= 15 is 0 Å². The molecular formula is C18H23N3O3. The van der Waals surface area contributed by atoms with Gasteiger partial charge in [0.1, 0.15) is 0 Å². The van der Waals surface area contributed by atoms with Gasteiger partial charge in [0.15, 0.2) is 0 Å². The number of hydrogen-bond acceptors (Lipinski definition) is 4. The van der Waals surface area contributed by atoms with Crippen LogP contribution in [0.4, 0.5) is 0 Å². The number of nitrogens with one attached hydrogen (secondary N) is 1. The Bertz CT molecular complexity index is 759. The van der Waals surface area contributed by atoms with E-state index in [-0.39, 0.29) is 12.5 Å². The summed E-state index contributed by atoms with van der Waals surface area (Å²) in [6.07, 6.45) is 1.94. The van der Waals surface area contributed by atoms with E-state index in [1.807, 2.05) is 12.3 Å². The number of aliphatic carboxylic acids is 1. The molecule has 4 rings (SSSR count). The highest BCUT2D eigenvalue weighted by Crippen LogP contribution is 2.43. The van der Waals surface area contributed by atoms with E-state index in [4.69, 9.17) is 5.11 Å². The molecule has 24 heavy (non-hydrogen) atoms. The fraction of sp³-hybridized carbons (Fsp3) is 0.500. The Kier molecular flexibility index (Phi) is 3.83. The summed E-state index contributed by atoms with van der Waals surface area (Å²) < 4.78 is 0. The van der Waals surface area contributed by atoms with Gasteiger partial charge in [-0.1, -0.05) is 12.1 Å². The van der Waals surface area contributed by atoms with Gasteiger partial charge in [-0.25, -0.2) is 0 Å². The Balaban J connectivity index is 1.54. The third-order valence-corrected chi connectivity index (χ3v) is 5.67. The Hall–Kier alpha value is -1.89. The first kappa shape index (κ1) is 15.6. The molecule has 2 aliphatic heterocycles. The minimum absolute atomic E-state index is 0.0849. The SMILES string of the molecule is O=C(O)[C@@]12CN(CCO)C[C@@H]1CN(Cc1cccc3[nH]ccc13)C2. The molecule has 2 aromatic rings. The molecular weight excluding hydrogens is 306 g/mol. The van der Waals surface area contributed by atoms with Gasteiger partial charge < -0.3 is 15.2 Å². The van der Waals surface area contributed by atoms with Crippen LogP contribution < -0.4 is 0 Å². The lowest BCUT2D eigenvalue weighted by atomic mass is 9.81. The fourth-order valence-corrected chi connectivity index (χ4v) is 4.54. The third-order valence-electron chi connectivity index (χ3n) is 5.67. The van der Waals surface area contributed by atoms with Crippen molar-refractivity contribution < 1.29 is 15.0 Å². The average molecular weight is 329 g/mol. The zero-order chi connectivity index (χ0) is 16.7. The van der Waals surface area contributed by atoms with E-state index in [1.54, 1.807) is 0 Å². The first-order chi connectivity index (χ1) is 11.6. The maximum absolute atomic E-state index is 12.0. The van der Waals surface area contributed by atoms with E-state index in [9.17, 15) is 9.90 Å².